The summed E-state index contributed by atoms with van der Waals surface area (Å²) in [6.07, 6.45) is 0. The number of thiazole rings is 1. The Hall–Kier alpha value is -2.94. The minimum absolute atomic E-state index is 0.103. The molecule has 0 unspecified atom stereocenters. The molecule has 0 radical (unpaired) electrons. The van der Waals surface area contributed by atoms with Gasteiger partial charge in [-0.3, -0.25) is 9.59 Å². The quantitative estimate of drug-likeness (QED) is 0.321. The van der Waals surface area contributed by atoms with Gasteiger partial charge in [0.25, 0.3) is 5.91 Å². The zero-order chi connectivity index (χ0) is 21.6. The SMILES string of the molecule is Cc1ccc(C(=O)Nc2ccc(SCC(=O)Nc3nc(-c4cccs4)cs3)cc2)cc1. The lowest BCUT2D eigenvalue weighted by atomic mass is 10.1. The summed E-state index contributed by atoms with van der Waals surface area (Å²) in [5, 5.41) is 10.3. The molecule has 0 saturated heterocycles. The Bertz CT molecular complexity index is 1170. The molecule has 2 aromatic carbocycles. The van der Waals surface area contributed by atoms with Gasteiger partial charge in [0.1, 0.15) is 0 Å². The fraction of sp³-hybridized carbons (Fsp3) is 0.0870. The standard InChI is InChI=1S/C23H19N3O2S3/c1-15-4-6-16(7-5-15)22(28)24-17-8-10-18(11-9-17)30-14-21(27)26-23-25-19(13-31-23)20-3-2-12-29-20/h2-13H,14H2,1H3,(H,24,28)(H,25,26,27). The molecule has 4 aromatic rings. The molecular weight excluding hydrogens is 446 g/mol. The van der Waals surface area contributed by atoms with Crippen LogP contribution in [0.2, 0.25) is 0 Å². The first-order valence-electron chi connectivity index (χ1n) is 9.47. The molecule has 2 amide bonds. The molecule has 0 saturated carbocycles. The second kappa shape index (κ2) is 9.91. The molecule has 0 aliphatic rings. The predicted octanol–water partition coefficient (Wildman–Crippen LogP) is 6.16. The molecule has 0 atom stereocenters. The molecule has 5 nitrogen and oxygen atoms in total. The Morgan fingerprint density at radius 2 is 1.74 bits per heavy atom. The number of thiophene rings is 1. The zero-order valence-electron chi connectivity index (χ0n) is 16.6. The van der Waals surface area contributed by atoms with E-state index in [2.05, 4.69) is 15.6 Å². The van der Waals surface area contributed by atoms with Gasteiger partial charge >= 0.3 is 0 Å². The van der Waals surface area contributed by atoms with Gasteiger partial charge in [-0.1, -0.05) is 23.8 Å². The number of nitrogens with zero attached hydrogens (tertiary/aromatic N) is 1. The summed E-state index contributed by atoms with van der Waals surface area (Å²) in [7, 11) is 0. The molecule has 0 fully saturated rings. The van der Waals surface area contributed by atoms with Gasteiger partial charge < -0.3 is 10.6 Å². The number of thioether (sulfide) groups is 1. The van der Waals surface area contributed by atoms with Crippen molar-refractivity contribution in [1.29, 1.82) is 0 Å². The van der Waals surface area contributed by atoms with Crippen LogP contribution >= 0.6 is 34.4 Å². The third-order valence-corrected chi connectivity index (χ3v) is 6.98. The fourth-order valence-corrected chi connectivity index (χ4v) is 4.90. The van der Waals surface area contributed by atoms with Gasteiger partial charge in [-0.15, -0.1) is 34.4 Å². The maximum atomic E-state index is 12.3. The second-order valence-electron chi connectivity index (χ2n) is 6.70. The van der Waals surface area contributed by atoms with Crippen LogP contribution < -0.4 is 10.6 Å². The Balaban J connectivity index is 1.26. The van der Waals surface area contributed by atoms with Crippen LogP contribution in [0.1, 0.15) is 15.9 Å². The van der Waals surface area contributed by atoms with Crippen LogP contribution in [0.15, 0.2) is 76.3 Å². The number of rotatable bonds is 7. The summed E-state index contributed by atoms with van der Waals surface area (Å²) in [5.41, 5.74) is 3.32. The predicted molar refractivity (Wildman–Crippen MR) is 130 cm³/mol. The Morgan fingerprint density at radius 3 is 2.45 bits per heavy atom. The van der Waals surface area contributed by atoms with Gasteiger partial charge in [-0.25, -0.2) is 4.98 Å². The number of carbonyl (C=O) groups is 2. The van der Waals surface area contributed by atoms with Gasteiger partial charge in [-0.2, -0.15) is 0 Å². The minimum atomic E-state index is -0.148. The maximum absolute atomic E-state index is 12.3. The monoisotopic (exact) mass is 465 g/mol. The van der Waals surface area contributed by atoms with Crippen molar-refractivity contribution in [2.24, 2.45) is 0 Å². The average molecular weight is 466 g/mol. The van der Waals surface area contributed by atoms with Gasteiger partial charge in [0.2, 0.25) is 5.91 Å². The number of aryl methyl sites for hydroxylation is 1. The zero-order valence-corrected chi connectivity index (χ0v) is 19.1. The van der Waals surface area contributed by atoms with E-state index in [1.54, 1.807) is 23.5 Å². The molecule has 4 rings (SSSR count). The van der Waals surface area contributed by atoms with Gasteiger partial charge in [0.05, 0.1) is 16.3 Å². The van der Waals surface area contributed by atoms with Crippen LogP contribution in [-0.2, 0) is 4.79 Å². The van der Waals surface area contributed by atoms with E-state index in [0.29, 0.717) is 16.4 Å². The highest BCUT2D eigenvalue weighted by atomic mass is 32.2. The smallest absolute Gasteiger partial charge is 0.255 e. The van der Waals surface area contributed by atoms with E-state index in [9.17, 15) is 9.59 Å². The largest absolute Gasteiger partial charge is 0.322 e. The van der Waals surface area contributed by atoms with E-state index < -0.39 is 0 Å². The van der Waals surface area contributed by atoms with Gasteiger partial charge in [0, 0.05) is 21.5 Å². The molecule has 0 spiro atoms. The molecule has 2 heterocycles. The van der Waals surface area contributed by atoms with Gasteiger partial charge in [-0.05, 0) is 54.8 Å². The second-order valence-corrected chi connectivity index (χ2v) is 9.55. The lowest BCUT2D eigenvalue weighted by molar-refractivity contribution is -0.113. The van der Waals surface area contributed by atoms with E-state index in [1.165, 1.54) is 23.1 Å². The number of hydrogen-bond donors (Lipinski definition) is 2. The molecule has 2 N–H and O–H groups in total. The molecule has 8 heteroatoms. The van der Waals surface area contributed by atoms with Crippen molar-refractivity contribution in [2.45, 2.75) is 11.8 Å². The molecule has 31 heavy (non-hydrogen) atoms. The summed E-state index contributed by atoms with van der Waals surface area (Å²) in [6, 6.07) is 18.9. The number of anilines is 2. The fourth-order valence-electron chi connectivity index (χ4n) is 2.72. The number of benzene rings is 2. The summed E-state index contributed by atoms with van der Waals surface area (Å²) < 4.78 is 0. The van der Waals surface area contributed by atoms with Crippen molar-refractivity contribution >= 4 is 57.1 Å². The molecule has 0 aliphatic heterocycles. The van der Waals surface area contributed by atoms with Crippen molar-refractivity contribution in [3.05, 3.63) is 82.6 Å². The number of carbonyl (C=O) groups excluding carboxylic acids is 2. The Morgan fingerprint density at radius 1 is 0.968 bits per heavy atom. The average Bonchev–Trinajstić information content (AvgIpc) is 3.46. The lowest BCUT2D eigenvalue weighted by Crippen LogP contribution is -2.13. The third-order valence-electron chi connectivity index (χ3n) is 4.32. The number of hydrogen-bond acceptors (Lipinski definition) is 6. The van der Waals surface area contributed by atoms with E-state index >= 15 is 0 Å². The van der Waals surface area contributed by atoms with Crippen molar-refractivity contribution in [2.75, 3.05) is 16.4 Å². The van der Waals surface area contributed by atoms with Crippen molar-refractivity contribution in [3.63, 3.8) is 0 Å². The van der Waals surface area contributed by atoms with E-state index in [1.807, 2.05) is 66.2 Å². The van der Waals surface area contributed by atoms with E-state index in [0.717, 1.165) is 21.0 Å². The molecule has 0 aliphatic carbocycles. The Labute approximate surface area is 192 Å². The van der Waals surface area contributed by atoms with Crippen LogP contribution in [0.5, 0.6) is 0 Å². The van der Waals surface area contributed by atoms with Crippen LogP contribution in [0.4, 0.5) is 10.8 Å². The molecule has 156 valence electrons. The van der Waals surface area contributed by atoms with Crippen molar-refractivity contribution in [3.8, 4) is 10.6 Å². The van der Waals surface area contributed by atoms with E-state index in [-0.39, 0.29) is 17.6 Å². The number of nitrogens with one attached hydrogen (secondary N) is 2. The summed E-state index contributed by atoms with van der Waals surface area (Å²) in [5.74, 6) is 0.0298. The summed E-state index contributed by atoms with van der Waals surface area (Å²) in [6.45, 7) is 1.98. The van der Waals surface area contributed by atoms with Crippen molar-refractivity contribution < 1.29 is 9.59 Å². The van der Waals surface area contributed by atoms with Crippen LogP contribution in [0.25, 0.3) is 10.6 Å². The number of aromatic nitrogens is 1. The third kappa shape index (κ3) is 5.81. The molecule has 2 aromatic heterocycles. The first-order chi connectivity index (χ1) is 15.1. The topological polar surface area (TPSA) is 71.1 Å². The maximum Gasteiger partial charge on any atom is 0.255 e. The first-order valence-corrected chi connectivity index (χ1v) is 12.2. The van der Waals surface area contributed by atoms with Crippen LogP contribution in [0.3, 0.4) is 0 Å². The van der Waals surface area contributed by atoms with E-state index in [4.69, 9.17) is 0 Å². The van der Waals surface area contributed by atoms with Crippen LogP contribution in [0, 0.1) is 6.92 Å². The highest BCUT2D eigenvalue weighted by Crippen LogP contribution is 2.28. The first kappa shape index (κ1) is 21.3. The van der Waals surface area contributed by atoms with Crippen LogP contribution in [-0.4, -0.2) is 22.6 Å². The highest BCUT2D eigenvalue weighted by molar-refractivity contribution is 8.00. The molecular formula is C23H19N3O2S3. The van der Waals surface area contributed by atoms with Crippen molar-refractivity contribution in [1.82, 2.24) is 4.98 Å². The Kier molecular flexibility index (Phi) is 6.81. The number of amides is 2. The highest BCUT2D eigenvalue weighted by Gasteiger charge is 2.10. The summed E-state index contributed by atoms with van der Waals surface area (Å²) >= 11 is 4.47. The molecule has 0 bridgehead atoms. The normalized spacial score (nSPS) is 10.6. The lowest BCUT2D eigenvalue weighted by Gasteiger charge is -2.07. The van der Waals surface area contributed by atoms with Gasteiger partial charge in [0.15, 0.2) is 5.13 Å². The minimum Gasteiger partial charge on any atom is -0.322 e. The summed E-state index contributed by atoms with van der Waals surface area (Å²) in [4.78, 5) is 31.1.